The van der Waals surface area contributed by atoms with Crippen molar-refractivity contribution in [2.24, 2.45) is 5.41 Å². The number of hydrogen-bond acceptors (Lipinski definition) is 3. The lowest BCUT2D eigenvalue weighted by molar-refractivity contribution is 0.0891. The topological polar surface area (TPSA) is 75.3 Å². The van der Waals surface area contributed by atoms with Crippen LogP contribution in [0.3, 0.4) is 0 Å². The van der Waals surface area contributed by atoms with Crippen molar-refractivity contribution in [3.63, 3.8) is 0 Å². The van der Waals surface area contributed by atoms with Crippen LogP contribution in [0, 0.1) is 19.3 Å². The molecule has 0 aliphatic carbocycles. The van der Waals surface area contributed by atoms with Gasteiger partial charge in [0, 0.05) is 11.1 Å². The van der Waals surface area contributed by atoms with E-state index in [9.17, 15) is 13.2 Å². The summed E-state index contributed by atoms with van der Waals surface area (Å²) in [7, 11) is -3.83. The number of aryl methyl sites for hydroxylation is 2. The Bertz CT molecular complexity index is 1000. The van der Waals surface area contributed by atoms with Crippen molar-refractivity contribution >= 4 is 21.6 Å². The molecule has 2 aromatic rings. The van der Waals surface area contributed by atoms with Gasteiger partial charge >= 0.3 is 0 Å². The molecule has 2 aromatic carbocycles. The quantitative estimate of drug-likeness (QED) is 0.692. The van der Waals surface area contributed by atoms with Gasteiger partial charge in [0.15, 0.2) is 0 Å². The third-order valence-electron chi connectivity index (χ3n) is 4.55. The average Bonchev–Trinajstić information content (AvgIpc) is 2.54. The van der Waals surface area contributed by atoms with Crippen LogP contribution in [0.1, 0.15) is 62.5 Å². The highest BCUT2D eigenvalue weighted by atomic mass is 32.2. The lowest BCUT2D eigenvalue weighted by atomic mass is 9.81. The molecule has 0 aliphatic rings. The van der Waals surface area contributed by atoms with Crippen LogP contribution in [0.2, 0.25) is 0 Å². The summed E-state index contributed by atoms with van der Waals surface area (Å²) in [5.41, 5.74) is 1.88. The van der Waals surface area contributed by atoms with Gasteiger partial charge in [0.05, 0.1) is 10.6 Å². The first-order valence-corrected chi connectivity index (χ1v) is 11.2. The SMILES string of the molecule is Cc1ccccc1NS(=O)(=O)c1cc(C(=O)NC(C)(C)CC(C)(C)C)ccc1C. The number of carbonyl (C=O) groups is 1. The molecule has 0 bridgehead atoms. The van der Waals surface area contributed by atoms with E-state index in [0.717, 1.165) is 12.0 Å². The standard InChI is InChI=1S/C23H32N2O3S/c1-16-10-8-9-11-19(16)25-29(27,28)20-14-18(13-12-17(20)2)21(26)24-23(6,7)15-22(3,4)5/h8-14,25H,15H2,1-7H3,(H,24,26). The minimum absolute atomic E-state index is 0.0516. The number of para-hydroxylation sites is 1. The van der Waals surface area contributed by atoms with E-state index in [0.29, 0.717) is 16.8 Å². The fourth-order valence-corrected chi connectivity index (χ4v) is 5.07. The molecule has 158 valence electrons. The van der Waals surface area contributed by atoms with E-state index in [1.807, 2.05) is 32.9 Å². The molecule has 0 saturated carbocycles. The van der Waals surface area contributed by atoms with E-state index in [1.54, 1.807) is 31.2 Å². The lowest BCUT2D eigenvalue weighted by Crippen LogP contribution is -2.45. The fraction of sp³-hybridized carbons (Fsp3) is 0.435. The second kappa shape index (κ2) is 8.19. The first-order chi connectivity index (χ1) is 13.2. The molecular weight excluding hydrogens is 384 g/mol. The minimum Gasteiger partial charge on any atom is -0.347 e. The molecule has 6 heteroatoms. The van der Waals surface area contributed by atoms with Gasteiger partial charge < -0.3 is 5.32 Å². The summed E-state index contributed by atoms with van der Waals surface area (Å²) < 4.78 is 28.6. The van der Waals surface area contributed by atoms with Crippen LogP contribution < -0.4 is 10.0 Å². The van der Waals surface area contributed by atoms with Crippen LogP contribution in [-0.2, 0) is 10.0 Å². The third kappa shape index (κ3) is 6.32. The summed E-state index contributed by atoms with van der Waals surface area (Å²) in [6.07, 6.45) is 0.789. The number of nitrogens with one attached hydrogen (secondary N) is 2. The summed E-state index contributed by atoms with van der Waals surface area (Å²) in [5.74, 6) is -0.286. The second-order valence-corrected chi connectivity index (χ2v) is 11.1. The lowest BCUT2D eigenvalue weighted by Gasteiger charge is -2.33. The van der Waals surface area contributed by atoms with E-state index in [4.69, 9.17) is 0 Å². The Morgan fingerprint density at radius 2 is 1.55 bits per heavy atom. The van der Waals surface area contributed by atoms with Crippen molar-refractivity contribution in [3.8, 4) is 0 Å². The Morgan fingerprint density at radius 3 is 2.14 bits per heavy atom. The molecule has 0 aromatic heterocycles. The van der Waals surface area contributed by atoms with Crippen molar-refractivity contribution in [2.45, 2.75) is 65.3 Å². The zero-order valence-corrected chi connectivity index (χ0v) is 19.2. The number of anilines is 1. The minimum atomic E-state index is -3.83. The zero-order chi connectivity index (χ0) is 22.0. The molecule has 2 rings (SSSR count). The molecule has 0 fully saturated rings. The number of hydrogen-bond donors (Lipinski definition) is 2. The maximum Gasteiger partial charge on any atom is 0.262 e. The average molecular weight is 417 g/mol. The van der Waals surface area contributed by atoms with E-state index in [-0.39, 0.29) is 16.2 Å². The summed E-state index contributed by atoms with van der Waals surface area (Å²) in [5, 5.41) is 3.03. The summed E-state index contributed by atoms with van der Waals surface area (Å²) in [4.78, 5) is 12.9. The predicted molar refractivity (Wildman–Crippen MR) is 119 cm³/mol. The van der Waals surface area contributed by atoms with Gasteiger partial charge in [0.25, 0.3) is 15.9 Å². The van der Waals surface area contributed by atoms with Crippen LogP contribution >= 0.6 is 0 Å². The van der Waals surface area contributed by atoms with Gasteiger partial charge in [-0.05, 0) is 68.9 Å². The smallest absolute Gasteiger partial charge is 0.262 e. The largest absolute Gasteiger partial charge is 0.347 e. The van der Waals surface area contributed by atoms with Crippen molar-refractivity contribution in [3.05, 3.63) is 59.2 Å². The molecule has 0 radical (unpaired) electrons. The van der Waals surface area contributed by atoms with E-state index in [2.05, 4.69) is 30.8 Å². The van der Waals surface area contributed by atoms with Crippen LogP contribution in [-0.4, -0.2) is 19.9 Å². The van der Waals surface area contributed by atoms with Crippen LogP contribution in [0.4, 0.5) is 5.69 Å². The number of sulfonamides is 1. The third-order valence-corrected chi connectivity index (χ3v) is 6.06. The van der Waals surface area contributed by atoms with Crippen LogP contribution in [0.15, 0.2) is 47.4 Å². The van der Waals surface area contributed by atoms with Gasteiger partial charge in [-0.1, -0.05) is 45.0 Å². The highest BCUT2D eigenvalue weighted by molar-refractivity contribution is 7.92. The summed E-state index contributed by atoms with van der Waals surface area (Å²) in [6.45, 7) is 13.9. The van der Waals surface area contributed by atoms with Crippen molar-refractivity contribution in [1.29, 1.82) is 0 Å². The van der Waals surface area contributed by atoms with Gasteiger partial charge in [-0.2, -0.15) is 0 Å². The molecule has 5 nitrogen and oxygen atoms in total. The predicted octanol–water partition coefficient (Wildman–Crippen LogP) is 5.05. The molecule has 0 atom stereocenters. The van der Waals surface area contributed by atoms with Gasteiger partial charge in [0.1, 0.15) is 0 Å². The normalized spacial score (nSPS) is 12.5. The molecule has 0 aliphatic heterocycles. The van der Waals surface area contributed by atoms with Gasteiger partial charge in [-0.3, -0.25) is 9.52 Å². The van der Waals surface area contributed by atoms with Gasteiger partial charge in [-0.25, -0.2) is 8.42 Å². The van der Waals surface area contributed by atoms with E-state index >= 15 is 0 Å². The maximum atomic E-state index is 13.0. The van der Waals surface area contributed by atoms with Gasteiger partial charge in [-0.15, -0.1) is 0 Å². The Morgan fingerprint density at radius 1 is 0.931 bits per heavy atom. The molecular formula is C23H32N2O3S. The maximum absolute atomic E-state index is 13.0. The van der Waals surface area contributed by atoms with Crippen LogP contribution in [0.25, 0.3) is 0 Å². The monoisotopic (exact) mass is 416 g/mol. The Kier molecular flexibility index (Phi) is 6.48. The first kappa shape index (κ1) is 22.9. The molecule has 1 amide bonds. The molecule has 29 heavy (non-hydrogen) atoms. The zero-order valence-electron chi connectivity index (χ0n) is 18.4. The highest BCUT2D eigenvalue weighted by Gasteiger charge is 2.28. The molecule has 0 saturated heterocycles. The summed E-state index contributed by atoms with van der Waals surface area (Å²) >= 11 is 0. The van der Waals surface area contributed by atoms with E-state index < -0.39 is 15.6 Å². The first-order valence-electron chi connectivity index (χ1n) is 9.72. The molecule has 2 N–H and O–H groups in total. The Hall–Kier alpha value is -2.34. The highest BCUT2D eigenvalue weighted by Crippen LogP contribution is 2.28. The Balaban J connectivity index is 2.32. The molecule has 0 spiro atoms. The fourth-order valence-electron chi connectivity index (χ4n) is 3.67. The number of amides is 1. The van der Waals surface area contributed by atoms with Crippen molar-refractivity contribution in [1.82, 2.24) is 5.32 Å². The molecule has 0 heterocycles. The number of carbonyl (C=O) groups excluding carboxylic acids is 1. The summed E-state index contributed by atoms with van der Waals surface area (Å²) in [6, 6.07) is 11.9. The molecule has 0 unspecified atom stereocenters. The van der Waals surface area contributed by atoms with Crippen LogP contribution in [0.5, 0.6) is 0 Å². The van der Waals surface area contributed by atoms with Gasteiger partial charge in [0.2, 0.25) is 0 Å². The van der Waals surface area contributed by atoms with Crippen molar-refractivity contribution < 1.29 is 13.2 Å². The number of rotatable bonds is 6. The van der Waals surface area contributed by atoms with E-state index in [1.165, 1.54) is 6.07 Å². The number of benzene rings is 2. The van der Waals surface area contributed by atoms with Crippen molar-refractivity contribution in [2.75, 3.05) is 4.72 Å². The Labute approximate surface area is 175 Å². The second-order valence-electron chi connectivity index (χ2n) is 9.48.